The lowest BCUT2D eigenvalue weighted by molar-refractivity contribution is 0.531. The Kier molecular flexibility index (Phi) is 1.18. The normalized spacial score (nSPS) is 10.2. The van der Waals surface area contributed by atoms with Crippen LogP contribution in [0.15, 0.2) is 24.3 Å². The molecule has 2 aromatic rings. The van der Waals surface area contributed by atoms with Crippen LogP contribution in [-0.2, 0) is 4.79 Å². The van der Waals surface area contributed by atoms with Gasteiger partial charge in [0.1, 0.15) is 11.0 Å². The molecular weight excluding hydrogens is 142 g/mol. The standard InChI is InChI=1S/C7H4N3O/c11-5-10-8-6-3-1-2-4-7(6)9-10/h1-4H. The first-order chi connectivity index (χ1) is 5.40. The summed E-state index contributed by atoms with van der Waals surface area (Å²) in [5.74, 6) is 0. The second-order valence-electron chi connectivity index (χ2n) is 2.07. The zero-order valence-corrected chi connectivity index (χ0v) is 5.56. The molecule has 0 aliphatic rings. The maximum absolute atomic E-state index is 10.1. The molecule has 11 heavy (non-hydrogen) atoms. The minimum absolute atomic E-state index is 0.704. The lowest BCUT2D eigenvalue weighted by Gasteiger charge is -1.78. The van der Waals surface area contributed by atoms with E-state index in [9.17, 15) is 4.79 Å². The van der Waals surface area contributed by atoms with Crippen LogP contribution in [0.25, 0.3) is 11.0 Å². The molecular formula is C7H4N3O. The zero-order chi connectivity index (χ0) is 7.68. The fraction of sp³-hybridized carbons (Fsp3) is 0. The van der Waals surface area contributed by atoms with Gasteiger partial charge in [-0.25, -0.2) is 0 Å². The number of rotatable bonds is 1. The Bertz CT molecular complexity index is 360. The van der Waals surface area contributed by atoms with Crippen LogP contribution in [0.5, 0.6) is 0 Å². The monoisotopic (exact) mass is 146 g/mol. The third-order valence-electron chi connectivity index (χ3n) is 1.37. The van der Waals surface area contributed by atoms with Gasteiger partial charge in [0.2, 0.25) is 0 Å². The molecule has 0 saturated heterocycles. The van der Waals surface area contributed by atoms with Gasteiger partial charge in [0.25, 0.3) is 0 Å². The number of hydrogen-bond donors (Lipinski definition) is 0. The molecule has 0 unspecified atom stereocenters. The van der Waals surface area contributed by atoms with Gasteiger partial charge < -0.3 is 0 Å². The molecule has 4 nitrogen and oxygen atoms in total. The van der Waals surface area contributed by atoms with E-state index < -0.39 is 0 Å². The van der Waals surface area contributed by atoms with Gasteiger partial charge in [-0.3, -0.25) is 4.79 Å². The third-order valence-corrected chi connectivity index (χ3v) is 1.37. The molecule has 0 spiro atoms. The largest absolute Gasteiger partial charge is 0.357 e. The lowest BCUT2D eigenvalue weighted by atomic mass is 10.3. The lowest BCUT2D eigenvalue weighted by Crippen LogP contribution is -1.97. The summed E-state index contributed by atoms with van der Waals surface area (Å²) < 4.78 is 0. The zero-order valence-electron chi connectivity index (χ0n) is 5.56. The quantitative estimate of drug-likeness (QED) is 0.583. The van der Waals surface area contributed by atoms with Gasteiger partial charge in [0.15, 0.2) is 0 Å². The molecule has 0 N–H and O–H groups in total. The number of carbonyl (C=O) groups excluding carboxylic acids is 1. The second-order valence-corrected chi connectivity index (χ2v) is 2.07. The van der Waals surface area contributed by atoms with Crippen LogP contribution in [0.2, 0.25) is 0 Å². The van der Waals surface area contributed by atoms with E-state index in [0.29, 0.717) is 11.0 Å². The highest BCUT2D eigenvalue weighted by atomic mass is 16.1. The van der Waals surface area contributed by atoms with E-state index >= 15 is 0 Å². The molecule has 1 heterocycles. The molecule has 2 rings (SSSR count). The number of aromatic nitrogens is 3. The van der Waals surface area contributed by atoms with E-state index in [1.807, 2.05) is 12.1 Å². The van der Waals surface area contributed by atoms with E-state index in [1.165, 1.54) is 0 Å². The summed E-state index contributed by atoms with van der Waals surface area (Å²) in [6.45, 7) is 0. The summed E-state index contributed by atoms with van der Waals surface area (Å²) in [7, 11) is 0. The summed E-state index contributed by atoms with van der Waals surface area (Å²) in [4.78, 5) is 11.0. The number of nitrogens with zero attached hydrogens (tertiary/aromatic N) is 3. The van der Waals surface area contributed by atoms with Crippen molar-refractivity contribution in [1.82, 2.24) is 15.0 Å². The molecule has 1 radical (unpaired) electrons. The predicted molar refractivity (Wildman–Crippen MR) is 38.6 cm³/mol. The van der Waals surface area contributed by atoms with E-state index in [0.717, 1.165) is 4.80 Å². The van der Waals surface area contributed by atoms with Crippen molar-refractivity contribution in [2.45, 2.75) is 0 Å². The van der Waals surface area contributed by atoms with Crippen LogP contribution in [0.4, 0.5) is 0 Å². The average Bonchev–Trinajstić information content (AvgIpc) is 2.46. The number of fused-ring (bicyclic) bond motifs is 1. The Labute approximate surface area is 62.4 Å². The summed E-state index contributed by atoms with van der Waals surface area (Å²) in [6.07, 6.45) is 1.56. The smallest absolute Gasteiger partial charge is 0.259 e. The molecule has 0 amide bonds. The highest BCUT2D eigenvalue weighted by molar-refractivity contribution is 5.74. The number of benzene rings is 1. The van der Waals surface area contributed by atoms with Crippen molar-refractivity contribution in [3.05, 3.63) is 24.3 Å². The molecule has 0 atom stereocenters. The van der Waals surface area contributed by atoms with Crippen molar-refractivity contribution in [3.8, 4) is 0 Å². The first-order valence-electron chi connectivity index (χ1n) is 3.10. The highest BCUT2D eigenvalue weighted by Crippen LogP contribution is 2.05. The molecule has 1 aromatic carbocycles. The highest BCUT2D eigenvalue weighted by Gasteiger charge is 1.98. The maximum atomic E-state index is 10.1. The van der Waals surface area contributed by atoms with Gasteiger partial charge in [-0.05, 0) is 12.1 Å². The van der Waals surface area contributed by atoms with Crippen LogP contribution < -0.4 is 0 Å². The van der Waals surface area contributed by atoms with Gasteiger partial charge in [0, 0.05) is 0 Å². The van der Waals surface area contributed by atoms with Crippen LogP contribution in [0.1, 0.15) is 0 Å². The first kappa shape index (κ1) is 6.03. The van der Waals surface area contributed by atoms with Crippen LogP contribution in [0, 0.1) is 0 Å². The molecule has 0 saturated carbocycles. The van der Waals surface area contributed by atoms with Crippen molar-refractivity contribution in [2.75, 3.05) is 0 Å². The first-order valence-corrected chi connectivity index (χ1v) is 3.10. The van der Waals surface area contributed by atoms with E-state index in [-0.39, 0.29) is 0 Å². The Balaban J connectivity index is 2.78. The summed E-state index contributed by atoms with van der Waals surface area (Å²) in [6, 6.07) is 7.25. The van der Waals surface area contributed by atoms with Gasteiger partial charge in [0.05, 0.1) is 0 Å². The van der Waals surface area contributed by atoms with E-state index in [4.69, 9.17) is 0 Å². The molecule has 4 heteroatoms. The minimum Gasteiger partial charge on any atom is -0.259 e. The van der Waals surface area contributed by atoms with Crippen molar-refractivity contribution in [1.29, 1.82) is 0 Å². The minimum atomic E-state index is 0.704. The van der Waals surface area contributed by atoms with E-state index in [2.05, 4.69) is 10.2 Å². The van der Waals surface area contributed by atoms with Gasteiger partial charge >= 0.3 is 6.41 Å². The summed E-state index contributed by atoms with van der Waals surface area (Å²) in [5, 5.41) is 7.63. The molecule has 0 aliphatic heterocycles. The Morgan fingerprint density at radius 2 is 1.73 bits per heavy atom. The SMILES string of the molecule is O=[C]n1nc2ccccc2n1. The van der Waals surface area contributed by atoms with Crippen molar-refractivity contribution in [2.24, 2.45) is 0 Å². The van der Waals surface area contributed by atoms with Gasteiger partial charge in [-0.1, -0.05) is 12.1 Å². The molecule has 0 aliphatic carbocycles. The Hall–Kier alpha value is -1.71. The van der Waals surface area contributed by atoms with Crippen LogP contribution >= 0.6 is 0 Å². The van der Waals surface area contributed by atoms with Crippen LogP contribution in [0.3, 0.4) is 0 Å². The second kappa shape index (κ2) is 2.16. The Morgan fingerprint density at radius 1 is 1.18 bits per heavy atom. The fourth-order valence-electron chi connectivity index (χ4n) is 0.901. The summed E-state index contributed by atoms with van der Waals surface area (Å²) >= 11 is 0. The summed E-state index contributed by atoms with van der Waals surface area (Å²) in [5.41, 5.74) is 1.41. The van der Waals surface area contributed by atoms with Crippen molar-refractivity contribution < 1.29 is 4.79 Å². The van der Waals surface area contributed by atoms with Gasteiger partial charge in [-0.2, -0.15) is 0 Å². The molecule has 0 fully saturated rings. The fourth-order valence-corrected chi connectivity index (χ4v) is 0.901. The predicted octanol–water partition coefficient (Wildman–Crippen LogP) is 0.347. The third kappa shape index (κ3) is 0.881. The maximum Gasteiger partial charge on any atom is 0.357 e. The average molecular weight is 146 g/mol. The van der Waals surface area contributed by atoms with Crippen LogP contribution in [-0.4, -0.2) is 21.4 Å². The van der Waals surface area contributed by atoms with Gasteiger partial charge in [-0.15, -0.1) is 15.0 Å². The molecule has 0 bridgehead atoms. The van der Waals surface area contributed by atoms with E-state index in [1.54, 1.807) is 18.5 Å². The Morgan fingerprint density at radius 3 is 2.18 bits per heavy atom. The van der Waals surface area contributed by atoms with Crippen molar-refractivity contribution in [3.63, 3.8) is 0 Å². The topological polar surface area (TPSA) is 47.8 Å². The van der Waals surface area contributed by atoms with Crippen molar-refractivity contribution >= 4 is 17.4 Å². The molecule has 53 valence electrons. The number of hydrogen-bond acceptors (Lipinski definition) is 3. The molecule has 1 aromatic heterocycles.